The highest BCUT2D eigenvalue weighted by atomic mass is 35.5. The van der Waals surface area contributed by atoms with Crippen molar-refractivity contribution < 1.29 is 22.5 Å². The number of nitrogens with zero attached hydrogens (tertiary/aromatic N) is 1. The van der Waals surface area contributed by atoms with Gasteiger partial charge in [0.25, 0.3) is 0 Å². The number of sulfonamides is 1. The number of nitrogens with one attached hydrogen (secondary N) is 2. The fourth-order valence-corrected chi connectivity index (χ4v) is 3.47. The van der Waals surface area contributed by atoms with E-state index < -0.39 is 38.4 Å². The topological polar surface area (TPSA) is 118 Å². The number of hydrogen-bond donors (Lipinski definition) is 2. The fraction of sp³-hybridized carbons (Fsp3) is 0.133. The number of nitro benzene ring substituents is 1. The smallest absolute Gasteiger partial charge is 0.306 e. The molecule has 138 valence electrons. The summed E-state index contributed by atoms with van der Waals surface area (Å²) in [7, 11) is -4.01. The van der Waals surface area contributed by atoms with E-state index in [4.69, 9.17) is 11.6 Å². The van der Waals surface area contributed by atoms with E-state index in [1.807, 2.05) is 0 Å². The normalized spacial score (nSPS) is 12.4. The second-order valence-corrected chi connectivity index (χ2v) is 7.36. The van der Waals surface area contributed by atoms with Gasteiger partial charge in [0, 0.05) is 16.8 Å². The average molecular weight is 402 g/mol. The fourth-order valence-electron chi connectivity index (χ4n) is 1.97. The SMILES string of the molecule is C[C@H](NS(=O)(=O)c1cccc(Cl)c1)C(=O)Nc1ccc(F)c([N+](=O)[O-])c1. The molecule has 0 unspecified atom stereocenters. The summed E-state index contributed by atoms with van der Waals surface area (Å²) >= 11 is 5.75. The minimum absolute atomic E-state index is 0.0445. The summed E-state index contributed by atoms with van der Waals surface area (Å²) < 4.78 is 40.0. The molecule has 2 aromatic rings. The van der Waals surface area contributed by atoms with Crippen molar-refractivity contribution in [1.29, 1.82) is 0 Å². The van der Waals surface area contributed by atoms with Gasteiger partial charge >= 0.3 is 5.69 Å². The molecule has 1 atom stereocenters. The van der Waals surface area contributed by atoms with E-state index in [-0.39, 0.29) is 15.6 Å². The summed E-state index contributed by atoms with van der Waals surface area (Å²) in [5, 5.41) is 13.2. The Labute approximate surface area is 153 Å². The molecule has 0 heterocycles. The van der Waals surface area contributed by atoms with E-state index in [2.05, 4.69) is 10.0 Å². The predicted molar refractivity (Wildman–Crippen MR) is 92.9 cm³/mol. The number of halogens is 2. The van der Waals surface area contributed by atoms with Crippen LogP contribution < -0.4 is 10.0 Å². The summed E-state index contributed by atoms with van der Waals surface area (Å²) in [5.74, 6) is -1.83. The van der Waals surface area contributed by atoms with Crippen molar-refractivity contribution in [3.8, 4) is 0 Å². The van der Waals surface area contributed by atoms with Crippen LogP contribution in [0, 0.1) is 15.9 Å². The van der Waals surface area contributed by atoms with E-state index in [9.17, 15) is 27.7 Å². The second kappa shape index (κ2) is 7.77. The molecule has 0 saturated heterocycles. The Morgan fingerprint density at radius 2 is 1.96 bits per heavy atom. The lowest BCUT2D eigenvalue weighted by molar-refractivity contribution is -0.387. The first kappa shape index (κ1) is 19.8. The lowest BCUT2D eigenvalue weighted by Gasteiger charge is -2.14. The Balaban J connectivity index is 2.13. The number of rotatable bonds is 6. The first-order valence-corrected chi connectivity index (χ1v) is 8.99. The van der Waals surface area contributed by atoms with Gasteiger partial charge in [0.1, 0.15) is 0 Å². The first-order chi connectivity index (χ1) is 12.1. The molecule has 2 N–H and O–H groups in total. The van der Waals surface area contributed by atoms with Crippen LogP contribution in [0.3, 0.4) is 0 Å². The van der Waals surface area contributed by atoms with E-state index >= 15 is 0 Å². The van der Waals surface area contributed by atoms with Crippen LogP contribution in [-0.4, -0.2) is 25.3 Å². The van der Waals surface area contributed by atoms with E-state index in [0.717, 1.165) is 18.2 Å². The van der Waals surface area contributed by atoms with Crippen LogP contribution in [-0.2, 0) is 14.8 Å². The van der Waals surface area contributed by atoms with E-state index in [1.54, 1.807) is 0 Å². The molecule has 11 heteroatoms. The highest BCUT2D eigenvalue weighted by Gasteiger charge is 2.23. The molecular weight excluding hydrogens is 389 g/mol. The molecule has 2 aromatic carbocycles. The van der Waals surface area contributed by atoms with Gasteiger partial charge in [0.05, 0.1) is 15.9 Å². The molecule has 0 aliphatic heterocycles. The first-order valence-electron chi connectivity index (χ1n) is 7.13. The van der Waals surface area contributed by atoms with Crippen LogP contribution >= 0.6 is 11.6 Å². The van der Waals surface area contributed by atoms with E-state index in [0.29, 0.717) is 0 Å². The van der Waals surface area contributed by atoms with Crippen molar-refractivity contribution in [3.63, 3.8) is 0 Å². The quantitative estimate of drug-likeness (QED) is 0.569. The van der Waals surface area contributed by atoms with Crippen molar-refractivity contribution in [2.45, 2.75) is 17.9 Å². The third kappa shape index (κ3) is 4.75. The number of nitro groups is 1. The number of benzene rings is 2. The van der Waals surface area contributed by atoms with Gasteiger partial charge in [-0.15, -0.1) is 0 Å². The zero-order valence-corrected chi connectivity index (χ0v) is 14.8. The minimum Gasteiger partial charge on any atom is -0.324 e. The number of anilines is 1. The van der Waals surface area contributed by atoms with Crippen LogP contribution in [0.5, 0.6) is 0 Å². The average Bonchev–Trinajstić information content (AvgIpc) is 2.56. The number of carbonyl (C=O) groups excluding carboxylic acids is 1. The van der Waals surface area contributed by atoms with Gasteiger partial charge in [0.2, 0.25) is 21.7 Å². The van der Waals surface area contributed by atoms with Crippen LogP contribution in [0.1, 0.15) is 6.92 Å². The molecule has 2 rings (SSSR count). The molecule has 8 nitrogen and oxygen atoms in total. The number of hydrogen-bond acceptors (Lipinski definition) is 5. The number of carbonyl (C=O) groups is 1. The Hall–Kier alpha value is -2.56. The Morgan fingerprint density at radius 1 is 1.27 bits per heavy atom. The molecule has 0 aromatic heterocycles. The molecule has 0 aliphatic rings. The van der Waals surface area contributed by atoms with Gasteiger partial charge in [-0.2, -0.15) is 9.11 Å². The van der Waals surface area contributed by atoms with Crippen LogP contribution in [0.2, 0.25) is 5.02 Å². The highest BCUT2D eigenvalue weighted by molar-refractivity contribution is 7.89. The van der Waals surface area contributed by atoms with Crippen molar-refractivity contribution in [1.82, 2.24) is 4.72 Å². The molecule has 0 aliphatic carbocycles. The zero-order valence-electron chi connectivity index (χ0n) is 13.3. The molecule has 0 fully saturated rings. The maximum Gasteiger partial charge on any atom is 0.306 e. The van der Waals surface area contributed by atoms with Crippen LogP contribution in [0.25, 0.3) is 0 Å². The summed E-state index contributed by atoms with van der Waals surface area (Å²) in [6.07, 6.45) is 0. The zero-order chi connectivity index (χ0) is 19.5. The van der Waals surface area contributed by atoms with Crippen molar-refractivity contribution in [2.24, 2.45) is 0 Å². The summed E-state index contributed by atoms with van der Waals surface area (Å²) in [5.41, 5.74) is -0.855. The minimum atomic E-state index is -4.01. The Morgan fingerprint density at radius 3 is 2.58 bits per heavy atom. The predicted octanol–water partition coefficient (Wildman–Crippen LogP) is 2.69. The molecule has 0 radical (unpaired) electrons. The van der Waals surface area contributed by atoms with Gasteiger partial charge in [-0.3, -0.25) is 14.9 Å². The van der Waals surface area contributed by atoms with Crippen molar-refractivity contribution >= 4 is 38.9 Å². The third-order valence-corrected chi connectivity index (χ3v) is 5.02. The summed E-state index contributed by atoms with van der Waals surface area (Å²) in [6, 6.07) is 7.05. The molecular formula is C15H13ClFN3O5S. The standard InChI is InChI=1S/C15H13ClFN3O5S/c1-9(19-26(24,25)12-4-2-3-10(16)7-12)15(21)18-11-5-6-13(17)14(8-11)20(22)23/h2-9,19H,1H3,(H,18,21)/t9-/m0/s1. The summed E-state index contributed by atoms with van der Waals surface area (Å²) in [6.45, 7) is 1.29. The van der Waals surface area contributed by atoms with Gasteiger partial charge < -0.3 is 5.32 Å². The maximum atomic E-state index is 13.3. The molecule has 26 heavy (non-hydrogen) atoms. The molecule has 0 bridgehead atoms. The Kier molecular flexibility index (Phi) is 5.90. The molecule has 1 amide bonds. The van der Waals surface area contributed by atoms with Gasteiger partial charge in [-0.1, -0.05) is 17.7 Å². The largest absolute Gasteiger partial charge is 0.324 e. The van der Waals surface area contributed by atoms with Crippen molar-refractivity contribution in [3.05, 3.63) is 63.4 Å². The monoisotopic (exact) mass is 401 g/mol. The molecule has 0 spiro atoms. The van der Waals surface area contributed by atoms with Crippen molar-refractivity contribution in [2.75, 3.05) is 5.32 Å². The van der Waals surface area contributed by atoms with E-state index in [1.165, 1.54) is 31.2 Å². The Bertz CT molecular complexity index is 968. The highest BCUT2D eigenvalue weighted by Crippen LogP contribution is 2.22. The molecule has 0 saturated carbocycles. The lowest BCUT2D eigenvalue weighted by Crippen LogP contribution is -2.41. The second-order valence-electron chi connectivity index (χ2n) is 5.21. The lowest BCUT2D eigenvalue weighted by atomic mass is 10.2. The van der Waals surface area contributed by atoms with Gasteiger partial charge in [-0.25, -0.2) is 8.42 Å². The number of amides is 1. The third-order valence-electron chi connectivity index (χ3n) is 3.24. The van der Waals surface area contributed by atoms with Crippen LogP contribution in [0.15, 0.2) is 47.4 Å². The summed E-state index contributed by atoms with van der Waals surface area (Å²) in [4.78, 5) is 21.8. The van der Waals surface area contributed by atoms with Gasteiger partial charge in [-0.05, 0) is 37.3 Å². The van der Waals surface area contributed by atoms with Gasteiger partial charge in [0.15, 0.2) is 0 Å². The van der Waals surface area contributed by atoms with Crippen LogP contribution in [0.4, 0.5) is 15.8 Å². The maximum absolute atomic E-state index is 13.3.